The van der Waals surface area contributed by atoms with Crippen LogP contribution in [0.5, 0.6) is 0 Å². The predicted octanol–water partition coefficient (Wildman–Crippen LogP) is 1.52. The summed E-state index contributed by atoms with van der Waals surface area (Å²) >= 11 is 0. The molecule has 1 fully saturated rings. The van der Waals surface area contributed by atoms with Crippen LogP contribution in [0.1, 0.15) is 25.8 Å². The molecular formula is C19H29F3N4O3S. The normalized spacial score (nSPS) is 17.6. The molecule has 1 amide bonds. The summed E-state index contributed by atoms with van der Waals surface area (Å²) in [5, 5.41) is 2.64. The number of likely N-dealkylation sites (N-methyl/N-ethyl adjacent to an activating group) is 1. The third kappa shape index (κ3) is 6.93. The Kier molecular flexibility index (Phi) is 8.65. The van der Waals surface area contributed by atoms with E-state index in [1.54, 1.807) is 0 Å². The van der Waals surface area contributed by atoms with E-state index in [0.717, 1.165) is 51.4 Å². The van der Waals surface area contributed by atoms with Crippen molar-refractivity contribution < 1.29 is 26.4 Å². The Balaban J connectivity index is 1.83. The highest BCUT2D eigenvalue weighted by Gasteiger charge is 2.37. The minimum atomic E-state index is -4.82. The first-order valence-electron chi connectivity index (χ1n) is 9.95. The molecule has 0 unspecified atom stereocenters. The number of hydrogen-bond acceptors (Lipinski definition) is 5. The van der Waals surface area contributed by atoms with Crippen LogP contribution in [0.2, 0.25) is 0 Å². The van der Waals surface area contributed by atoms with Gasteiger partial charge in [-0.05, 0) is 38.6 Å². The van der Waals surface area contributed by atoms with E-state index in [4.69, 9.17) is 0 Å². The number of amides is 1. The number of carbonyl (C=O) groups excluding carboxylic acids is 1. The van der Waals surface area contributed by atoms with Crippen LogP contribution in [-0.2, 0) is 21.0 Å². The van der Waals surface area contributed by atoms with Crippen molar-refractivity contribution in [3.63, 3.8) is 0 Å². The van der Waals surface area contributed by atoms with Crippen molar-refractivity contribution in [1.29, 1.82) is 0 Å². The SMILES string of the molecule is CCN1CCN(CCCNC(=O)[C@H](C)NS(=O)(=O)c2ccccc2C(F)(F)F)CC1. The van der Waals surface area contributed by atoms with E-state index in [2.05, 4.69) is 22.0 Å². The highest BCUT2D eigenvalue weighted by Crippen LogP contribution is 2.33. The zero-order valence-corrected chi connectivity index (χ0v) is 18.0. The van der Waals surface area contributed by atoms with Crippen LogP contribution < -0.4 is 10.0 Å². The molecule has 0 aromatic heterocycles. The molecule has 1 aliphatic rings. The number of halogens is 3. The fourth-order valence-electron chi connectivity index (χ4n) is 3.28. The van der Waals surface area contributed by atoms with Crippen molar-refractivity contribution in [2.24, 2.45) is 0 Å². The molecule has 1 aromatic rings. The first-order valence-corrected chi connectivity index (χ1v) is 11.4. The first-order chi connectivity index (χ1) is 14.0. The molecule has 1 aromatic carbocycles. The highest BCUT2D eigenvalue weighted by atomic mass is 32.2. The number of rotatable bonds is 9. The lowest BCUT2D eigenvalue weighted by Gasteiger charge is -2.34. The fourth-order valence-corrected chi connectivity index (χ4v) is 4.71. The predicted molar refractivity (Wildman–Crippen MR) is 107 cm³/mol. The molecule has 30 heavy (non-hydrogen) atoms. The van der Waals surface area contributed by atoms with E-state index in [1.807, 2.05) is 4.72 Å². The van der Waals surface area contributed by atoms with E-state index in [9.17, 15) is 26.4 Å². The Morgan fingerprint density at radius 1 is 1.13 bits per heavy atom. The molecular weight excluding hydrogens is 421 g/mol. The van der Waals surface area contributed by atoms with Gasteiger partial charge in [0, 0.05) is 32.7 Å². The minimum Gasteiger partial charge on any atom is -0.355 e. The van der Waals surface area contributed by atoms with Gasteiger partial charge in [0.2, 0.25) is 15.9 Å². The Labute approximate surface area is 175 Å². The van der Waals surface area contributed by atoms with Gasteiger partial charge in [0.15, 0.2) is 0 Å². The van der Waals surface area contributed by atoms with Crippen LogP contribution in [0.3, 0.4) is 0 Å². The molecule has 170 valence electrons. The van der Waals surface area contributed by atoms with Crippen molar-refractivity contribution >= 4 is 15.9 Å². The topological polar surface area (TPSA) is 81.8 Å². The maximum Gasteiger partial charge on any atom is 0.417 e. The Morgan fingerprint density at radius 3 is 2.33 bits per heavy atom. The van der Waals surface area contributed by atoms with E-state index in [-0.39, 0.29) is 0 Å². The molecule has 11 heteroatoms. The van der Waals surface area contributed by atoms with Crippen LogP contribution in [-0.4, -0.2) is 76.0 Å². The summed E-state index contributed by atoms with van der Waals surface area (Å²) in [4.78, 5) is 16.0. The number of sulfonamides is 1. The average Bonchev–Trinajstić information content (AvgIpc) is 2.70. The second-order valence-corrected chi connectivity index (χ2v) is 8.94. The molecule has 1 atom stereocenters. The van der Waals surface area contributed by atoms with E-state index in [1.165, 1.54) is 13.0 Å². The molecule has 0 aliphatic carbocycles. The molecule has 0 saturated carbocycles. The molecule has 7 nitrogen and oxygen atoms in total. The van der Waals surface area contributed by atoms with Crippen molar-refractivity contribution in [2.45, 2.75) is 37.4 Å². The number of benzene rings is 1. The first kappa shape index (κ1) is 24.6. The van der Waals surface area contributed by atoms with Crippen LogP contribution in [0.25, 0.3) is 0 Å². The van der Waals surface area contributed by atoms with Crippen molar-refractivity contribution in [1.82, 2.24) is 19.8 Å². The highest BCUT2D eigenvalue weighted by molar-refractivity contribution is 7.89. The van der Waals surface area contributed by atoms with Gasteiger partial charge in [-0.3, -0.25) is 4.79 Å². The standard InChI is InChI=1S/C19H29F3N4O3S/c1-3-25-11-13-26(14-12-25)10-6-9-23-18(27)15(2)24-30(28,29)17-8-5-4-7-16(17)19(20,21)22/h4-5,7-8,15,24H,3,6,9-14H2,1-2H3,(H,23,27)/t15-/m0/s1. The third-order valence-electron chi connectivity index (χ3n) is 5.07. The molecule has 1 aliphatic heterocycles. The maximum atomic E-state index is 13.1. The summed E-state index contributed by atoms with van der Waals surface area (Å²) in [6.45, 7) is 9.60. The van der Waals surface area contributed by atoms with Crippen molar-refractivity contribution in [2.75, 3.05) is 45.8 Å². The number of alkyl halides is 3. The van der Waals surface area contributed by atoms with Gasteiger partial charge >= 0.3 is 6.18 Å². The lowest BCUT2D eigenvalue weighted by molar-refractivity contribution is -0.139. The Morgan fingerprint density at radius 2 is 1.73 bits per heavy atom. The summed E-state index contributed by atoms with van der Waals surface area (Å²) < 4.78 is 66.1. The fraction of sp³-hybridized carbons (Fsp3) is 0.632. The van der Waals surface area contributed by atoms with Gasteiger partial charge in [0.05, 0.1) is 16.5 Å². The molecule has 1 heterocycles. The molecule has 0 spiro atoms. The zero-order chi connectivity index (χ0) is 22.4. The largest absolute Gasteiger partial charge is 0.417 e. The van der Waals surface area contributed by atoms with Crippen LogP contribution in [0.15, 0.2) is 29.2 Å². The Bertz CT molecular complexity index is 809. The molecule has 0 radical (unpaired) electrons. The monoisotopic (exact) mass is 450 g/mol. The quantitative estimate of drug-likeness (QED) is 0.558. The summed E-state index contributed by atoms with van der Waals surface area (Å²) in [5.41, 5.74) is -1.27. The van der Waals surface area contributed by atoms with Crippen LogP contribution in [0.4, 0.5) is 13.2 Å². The zero-order valence-electron chi connectivity index (χ0n) is 17.2. The smallest absolute Gasteiger partial charge is 0.355 e. The van der Waals surface area contributed by atoms with Gasteiger partial charge in [-0.1, -0.05) is 19.1 Å². The number of nitrogens with zero attached hydrogens (tertiary/aromatic N) is 2. The third-order valence-corrected chi connectivity index (χ3v) is 6.67. The van der Waals surface area contributed by atoms with E-state index in [0.29, 0.717) is 19.0 Å². The van der Waals surface area contributed by atoms with Gasteiger partial charge in [-0.2, -0.15) is 17.9 Å². The lowest BCUT2D eigenvalue weighted by Crippen LogP contribution is -2.47. The average molecular weight is 451 g/mol. The lowest BCUT2D eigenvalue weighted by atomic mass is 10.2. The number of nitrogens with one attached hydrogen (secondary N) is 2. The van der Waals surface area contributed by atoms with Gasteiger partial charge in [-0.25, -0.2) is 8.42 Å². The van der Waals surface area contributed by atoms with Crippen LogP contribution in [0, 0.1) is 0 Å². The van der Waals surface area contributed by atoms with E-state index < -0.39 is 38.6 Å². The van der Waals surface area contributed by atoms with Gasteiger partial charge in [0.1, 0.15) is 0 Å². The van der Waals surface area contributed by atoms with Crippen molar-refractivity contribution in [3.05, 3.63) is 29.8 Å². The molecule has 1 saturated heterocycles. The van der Waals surface area contributed by atoms with Gasteiger partial charge in [-0.15, -0.1) is 0 Å². The number of carbonyl (C=O) groups is 1. The van der Waals surface area contributed by atoms with Gasteiger partial charge in [0.25, 0.3) is 0 Å². The van der Waals surface area contributed by atoms with Crippen LogP contribution >= 0.6 is 0 Å². The maximum absolute atomic E-state index is 13.1. The minimum absolute atomic E-state index is 0.359. The van der Waals surface area contributed by atoms with Gasteiger partial charge < -0.3 is 15.1 Å². The van der Waals surface area contributed by atoms with E-state index >= 15 is 0 Å². The summed E-state index contributed by atoms with van der Waals surface area (Å²) in [6.07, 6.45) is -4.12. The summed E-state index contributed by atoms with van der Waals surface area (Å²) in [6, 6.07) is 2.67. The second-order valence-electron chi connectivity index (χ2n) is 7.26. The summed E-state index contributed by atoms with van der Waals surface area (Å²) in [5.74, 6) is -0.584. The molecule has 0 bridgehead atoms. The second kappa shape index (κ2) is 10.6. The molecule has 2 N–H and O–H groups in total. The number of piperazine rings is 1. The molecule has 2 rings (SSSR count). The summed E-state index contributed by atoms with van der Waals surface area (Å²) in [7, 11) is -4.52. The Hall–Kier alpha value is -1.69. The van der Waals surface area contributed by atoms with Crippen molar-refractivity contribution in [3.8, 4) is 0 Å². The number of hydrogen-bond donors (Lipinski definition) is 2.